The lowest BCUT2D eigenvalue weighted by Crippen LogP contribution is -2.38. The molecular weight excluding hydrogens is 473 g/mol. The van der Waals surface area contributed by atoms with Gasteiger partial charge in [0.2, 0.25) is 5.75 Å². The Kier molecular flexibility index (Phi) is 10.2. The zero-order valence-corrected chi connectivity index (χ0v) is 21.5. The highest BCUT2D eigenvalue weighted by atomic mass is 35.5. The van der Waals surface area contributed by atoms with Crippen molar-refractivity contribution in [3.8, 4) is 17.2 Å². The zero-order valence-electron chi connectivity index (χ0n) is 20.7. The molecule has 0 aromatic heterocycles. The van der Waals surface area contributed by atoms with Crippen molar-refractivity contribution in [2.45, 2.75) is 52.1 Å². The van der Waals surface area contributed by atoms with Crippen LogP contribution in [0.3, 0.4) is 0 Å². The van der Waals surface area contributed by atoms with Crippen molar-refractivity contribution in [2.24, 2.45) is 0 Å². The summed E-state index contributed by atoms with van der Waals surface area (Å²) in [5.74, 6) is 0.605. The minimum absolute atomic E-state index is 0.174. The van der Waals surface area contributed by atoms with Crippen molar-refractivity contribution in [1.29, 1.82) is 0 Å². The number of aliphatic hydroxyl groups is 1. The van der Waals surface area contributed by atoms with Crippen LogP contribution in [0.1, 0.15) is 54.1 Å². The third-order valence-corrected chi connectivity index (χ3v) is 6.81. The van der Waals surface area contributed by atoms with Crippen molar-refractivity contribution >= 4 is 17.4 Å². The normalized spacial score (nSPS) is 14.7. The molecule has 2 aromatic rings. The predicted molar refractivity (Wildman–Crippen MR) is 135 cm³/mol. The van der Waals surface area contributed by atoms with Crippen LogP contribution in [-0.4, -0.2) is 61.9 Å². The number of carbonyl (C=O) groups excluding carboxylic acids is 1. The number of methoxy groups -OCH3 is 1. The van der Waals surface area contributed by atoms with Gasteiger partial charge in [0.15, 0.2) is 17.3 Å². The summed E-state index contributed by atoms with van der Waals surface area (Å²) >= 11 is 6.54. The van der Waals surface area contributed by atoms with Gasteiger partial charge in [-0.1, -0.05) is 29.8 Å². The second kappa shape index (κ2) is 13.1. The average molecular weight is 508 g/mol. The lowest BCUT2D eigenvalue weighted by Gasteiger charge is -2.29. The number of unbranched alkanes of at least 4 members (excludes halogenated alkanes) is 1. The summed E-state index contributed by atoms with van der Waals surface area (Å²) < 4.78 is 31.6. The molecule has 0 saturated carbocycles. The van der Waals surface area contributed by atoms with Gasteiger partial charge < -0.3 is 19.3 Å². The maximum Gasteiger partial charge on any atom is 0.205 e. The van der Waals surface area contributed by atoms with Crippen LogP contribution in [0.25, 0.3) is 0 Å². The van der Waals surface area contributed by atoms with Crippen LogP contribution in [0.5, 0.6) is 17.2 Å². The number of hydrogen-bond donors (Lipinski definition) is 1. The maximum absolute atomic E-state index is 13.9. The molecule has 1 aliphatic rings. The standard InChI is InChI=1S/C27H35ClFNO5/c1-18-23(19(2)31)25(35-17-15-30-13-11-21(32)12-14-30)27(26(33-3)24(18)28)34-16-7-6-9-20-8-4-5-10-22(20)29/h4-5,8,10,21,32H,6-7,9,11-17H2,1-3H3. The van der Waals surface area contributed by atoms with Gasteiger partial charge in [-0.15, -0.1) is 0 Å². The Morgan fingerprint density at radius 2 is 1.80 bits per heavy atom. The molecule has 1 fully saturated rings. The molecule has 6 nitrogen and oxygen atoms in total. The summed E-state index contributed by atoms with van der Waals surface area (Å²) in [7, 11) is 1.50. The minimum Gasteiger partial charge on any atom is -0.491 e. The summed E-state index contributed by atoms with van der Waals surface area (Å²) in [6.07, 6.45) is 3.27. The molecule has 1 saturated heterocycles. The van der Waals surface area contributed by atoms with Crippen LogP contribution >= 0.6 is 11.6 Å². The number of piperidine rings is 1. The Bertz CT molecular complexity index is 1010. The third-order valence-electron chi connectivity index (χ3n) is 6.36. The Morgan fingerprint density at radius 1 is 1.11 bits per heavy atom. The van der Waals surface area contributed by atoms with Crippen molar-refractivity contribution in [3.63, 3.8) is 0 Å². The SMILES string of the molecule is COc1c(Cl)c(C)c(C(C)=O)c(OCCN2CCC(O)CC2)c1OCCCCc1ccccc1F. The highest BCUT2D eigenvalue weighted by Crippen LogP contribution is 2.48. The van der Waals surface area contributed by atoms with E-state index in [2.05, 4.69) is 4.90 Å². The largest absolute Gasteiger partial charge is 0.491 e. The molecule has 192 valence electrons. The first-order valence-corrected chi connectivity index (χ1v) is 12.5. The van der Waals surface area contributed by atoms with Crippen molar-refractivity contribution < 1.29 is 28.5 Å². The van der Waals surface area contributed by atoms with Gasteiger partial charge in [-0.2, -0.15) is 0 Å². The van der Waals surface area contributed by atoms with E-state index in [1.165, 1.54) is 20.1 Å². The number of Topliss-reactive ketones (excluding diaryl/α,β-unsaturated/α-hetero) is 1. The first-order valence-electron chi connectivity index (χ1n) is 12.1. The van der Waals surface area contributed by atoms with E-state index in [1.807, 2.05) is 6.07 Å². The average Bonchev–Trinajstić information content (AvgIpc) is 2.83. The highest BCUT2D eigenvalue weighted by Gasteiger charge is 2.27. The number of halogens is 2. The first kappa shape index (κ1) is 27.2. The number of ketones is 1. The van der Waals surface area contributed by atoms with E-state index in [4.69, 9.17) is 25.8 Å². The number of likely N-dealkylation sites (tertiary alicyclic amines) is 1. The molecule has 0 bridgehead atoms. The minimum atomic E-state index is -0.238. The van der Waals surface area contributed by atoms with Crippen molar-refractivity contribution in [3.05, 3.63) is 51.8 Å². The van der Waals surface area contributed by atoms with Crippen LogP contribution in [-0.2, 0) is 6.42 Å². The molecule has 1 heterocycles. The fourth-order valence-corrected chi connectivity index (χ4v) is 4.61. The van der Waals surface area contributed by atoms with Crippen LogP contribution < -0.4 is 14.2 Å². The summed E-state index contributed by atoms with van der Waals surface area (Å²) in [6, 6.07) is 6.75. The highest BCUT2D eigenvalue weighted by molar-refractivity contribution is 6.34. The van der Waals surface area contributed by atoms with Gasteiger partial charge in [-0.3, -0.25) is 9.69 Å². The fraction of sp³-hybridized carbons (Fsp3) is 0.519. The smallest absolute Gasteiger partial charge is 0.205 e. The van der Waals surface area contributed by atoms with E-state index in [1.54, 1.807) is 19.1 Å². The number of aliphatic hydroxyl groups excluding tert-OH is 1. The van der Waals surface area contributed by atoms with E-state index in [9.17, 15) is 14.3 Å². The summed E-state index contributed by atoms with van der Waals surface area (Å²) in [6.45, 7) is 6.19. The van der Waals surface area contributed by atoms with E-state index in [0.717, 1.165) is 32.4 Å². The van der Waals surface area contributed by atoms with Crippen molar-refractivity contribution in [2.75, 3.05) is 40.0 Å². The Hall–Kier alpha value is -2.35. The number of aryl methyl sites for hydroxylation is 1. The molecule has 35 heavy (non-hydrogen) atoms. The number of nitrogens with zero attached hydrogens (tertiary/aromatic N) is 1. The van der Waals surface area contributed by atoms with Crippen LogP contribution in [0.15, 0.2) is 24.3 Å². The lowest BCUT2D eigenvalue weighted by molar-refractivity contribution is 0.0748. The molecule has 0 aliphatic carbocycles. The van der Waals surface area contributed by atoms with Gasteiger partial charge in [0.1, 0.15) is 12.4 Å². The second-order valence-electron chi connectivity index (χ2n) is 8.88. The molecule has 2 aromatic carbocycles. The van der Waals surface area contributed by atoms with E-state index < -0.39 is 0 Å². The fourth-order valence-electron chi connectivity index (χ4n) is 4.35. The zero-order chi connectivity index (χ0) is 25.4. The van der Waals surface area contributed by atoms with E-state index >= 15 is 0 Å². The monoisotopic (exact) mass is 507 g/mol. The summed E-state index contributed by atoms with van der Waals surface area (Å²) in [5, 5.41) is 10.0. The van der Waals surface area contributed by atoms with Gasteiger partial charge in [-0.25, -0.2) is 4.39 Å². The van der Waals surface area contributed by atoms with Gasteiger partial charge in [-0.05, 0) is 63.1 Å². The van der Waals surface area contributed by atoms with Gasteiger partial charge >= 0.3 is 0 Å². The number of ether oxygens (including phenoxy) is 3. The second-order valence-corrected chi connectivity index (χ2v) is 9.26. The van der Waals surface area contributed by atoms with Gasteiger partial charge in [0.25, 0.3) is 0 Å². The van der Waals surface area contributed by atoms with E-state index in [-0.39, 0.29) is 17.7 Å². The van der Waals surface area contributed by atoms with Gasteiger partial charge in [0, 0.05) is 19.6 Å². The maximum atomic E-state index is 13.9. The molecular formula is C27H35ClFNO5. The summed E-state index contributed by atoms with van der Waals surface area (Å²) in [4.78, 5) is 14.8. The third kappa shape index (κ3) is 7.09. The molecule has 0 unspecified atom stereocenters. The summed E-state index contributed by atoms with van der Waals surface area (Å²) in [5.41, 5.74) is 1.64. The Labute approximate surface area is 211 Å². The number of carbonyl (C=O) groups is 1. The molecule has 0 radical (unpaired) electrons. The van der Waals surface area contributed by atoms with Crippen LogP contribution in [0, 0.1) is 12.7 Å². The Balaban J connectivity index is 1.72. The first-order chi connectivity index (χ1) is 16.8. The topological polar surface area (TPSA) is 68.2 Å². The number of rotatable bonds is 12. The lowest BCUT2D eigenvalue weighted by atomic mass is 10.0. The van der Waals surface area contributed by atoms with Crippen molar-refractivity contribution in [1.82, 2.24) is 4.90 Å². The van der Waals surface area contributed by atoms with Crippen LogP contribution in [0.2, 0.25) is 5.02 Å². The van der Waals surface area contributed by atoms with E-state index in [0.29, 0.717) is 71.6 Å². The number of benzene rings is 2. The Morgan fingerprint density at radius 3 is 2.46 bits per heavy atom. The molecule has 1 N–H and O–H groups in total. The molecule has 1 aliphatic heterocycles. The molecule has 0 atom stereocenters. The number of hydrogen-bond acceptors (Lipinski definition) is 6. The molecule has 0 amide bonds. The predicted octanol–water partition coefficient (Wildman–Crippen LogP) is 5.24. The van der Waals surface area contributed by atoms with Crippen LogP contribution in [0.4, 0.5) is 4.39 Å². The molecule has 8 heteroatoms. The molecule has 3 rings (SSSR count). The quantitative estimate of drug-likeness (QED) is 0.313. The molecule has 0 spiro atoms. The van der Waals surface area contributed by atoms with Gasteiger partial charge in [0.05, 0.1) is 30.4 Å².